The normalized spacial score (nSPS) is 16.0. The third kappa shape index (κ3) is 4.52. The zero-order chi connectivity index (χ0) is 22.2. The molecule has 10 heteroatoms. The number of halogens is 3. The lowest BCUT2D eigenvalue weighted by molar-refractivity contribution is -0.145. The van der Waals surface area contributed by atoms with E-state index in [4.69, 9.17) is 0 Å². The van der Waals surface area contributed by atoms with Gasteiger partial charge in [-0.2, -0.15) is 18.4 Å². The highest BCUT2D eigenvalue weighted by molar-refractivity contribution is 8.00. The van der Waals surface area contributed by atoms with Gasteiger partial charge in [0.15, 0.2) is 0 Å². The van der Waals surface area contributed by atoms with E-state index in [1.807, 2.05) is 0 Å². The van der Waals surface area contributed by atoms with Crippen molar-refractivity contribution < 1.29 is 18.0 Å². The minimum atomic E-state index is -4.68. The van der Waals surface area contributed by atoms with E-state index in [1.165, 1.54) is 17.4 Å². The van der Waals surface area contributed by atoms with Crippen molar-refractivity contribution in [3.8, 4) is 6.07 Å². The van der Waals surface area contributed by atoms with Crippen molar-refractivity contribution in [1.82, 2.24) is 9.97 Å². The van der Waals surface area contributed by atoms with Crippen LogP contribution in [-0.4, -0.2) is 21.6 Å². The first-order valence-corrected chi connectivity index (χ1v) is 11.4. The molecule has 0 spiro atoms. The van der Waals surface area contributed by atoms with Crippen molar-refractivity contribution in [2.24, 2.45) is 5.92 Å². The Kier molecular flexibility index (Phi) is 5.90. The van der Waals surface area contributed by atoms with E-state index in [0.717, 1.165) is 41.5 Å². The lowest BCUT2D eigenvalue weighted by Gasteiger charge is -2.17. The van der Waals surface area contributed by atoms with Crippen LogP contribution in [-0.2, 0) is 23.8 Å². The van der Waals surface area contributed by atoms with Gasteiger partial charge in [-0.15, -0.1) is 11.3 Å². The van der Waals surface area contributed by atoms with Crippen molar-refractivity contribution in [2.45, 2.75) is 37.4 Å². The van der Waals surface area contributed by atoms with Crippen LogP contribution in [0.3, 0.4) is 0 Å². The van der Waals surface area contributed by atoms with E-state index < -0.39 is 17.9 Å². The van der Waals surface area contributed by atoms with Crippen molar-refractivity contribution in [3.63, 3.8) is 0 Å². The molecule has 4 rings (SSSR count). The Balaban J connectivity index is 1.54. The predicted molar refractivity (Wildman–Crippen MR) is 114 cm³/mol. The molecule has 1 aliphatic carbocycles. The van der Waals surface area contributed by atoms with Gasteiger partial charge >= 0.3 is 6.18 Å². The number of hydrogen-bond donors (Lipinski definition) is 1. The lowest BCUT2D eigenvalue weighted by Crippen LogP contribution is -2.15. The number of thiophene rings is 1. The minimum absolute atomic E-state index is 0.0906. The molecule has 1 N–H and O–H groups in total. The number of nitrogens with zero attached hydrogens (tertiary/aromatic N) is 3. The fraction of sp³-hybridized carbons (Fsp3) is 0.333. The number of nitriles is 1. The Morgan fingerprint density at radius 2 is 2.13 bits per heavy atom. The molecule has 1 amide bonds. The van der Waals surface area contributed by atoms with Crippen molar-refractivity contribution in [2.75, 3.05) is 11.1 Å². The zero-order valence-corrected chi connectivity index (χ0v) is 18.0. The number of carbonyl (C=O) groups is 1. The Hall–Kier alpha value is -2.64. The molecule has 0 aliphatic heterocycles. The molecule has 3 aromatic rings. The van der Waals surface area contributed by atoms with Crippen molar-refractivity contribution in [3.05, 3.63) is 46.1 Å². The number of alkyl halides is 3. The van der Waals surface area contributed by atoms with Gasteiger partial charge in [-0.3, -0.25) is 4.79 Å². The second-order valence-electron chi connectivity index (χ2n) is 7.37. The highest BCUT2D eigenvalue weighted by Gasteiger charge is 2.35. The number of anilines is 1. The average molecular weight is 463 g/mol. The predicted octanol–water partition coefficient (Wildman–Crippen LogP) is 5.44. The summed E-state index contributed by atoms with van der Waals surface area (Å²) in [5.74, 6) is -1.24. The summed E-state index contributed by atoms with van der Waals surface area (Å²) in [6, 6.07) is 8.57. The van der Waals surface area contributed by atoms with Gasteiger partial charge in [0.1, 0.15) is 16.1 Å². The maximum atomic E-state index is 13.2. The molecule has 0 saturated carbocycles. The Morgan fingerprint density at radius 1 is 1.35 bits per heavy atom. The van der Waals surface area contributed by atoms with E-state index in [9.17, 15) is 23.2 Å². The average Bonchev–Trinajstić information content (AvgIpc) is 3.06. The van der Waals surface area contributed by atoms with Gasteiger partial charge in [0.25, 0.3) is 0 Å². The second kappa shape index (κ2) is 8.48. The smallest absolute Gasteiger partial charge is 0.316 e. The molecule has 1 unspecified atom stereocenters. The zero-order valence-electron chi connectivity index (χ0n) is 16.4. The third-order valence-corrected chi connectivity index (χ3v) is 7.20. The Bertz CT molecular complexity index is 1200. The molecule has 160 valence electrons. The topological polar surface area (TPSA) is 78.7 Å². The number of para-hydroxylation sites is 1. The van der Waals surface area contributed by atoms with Crippen LogP contribution in [0.5, 0.6) is 0 Å². The number of nitrogens with one attached hydrogen (secondary N) is 1. The van der Waals surface area contributed by atoms with E-state index in [1.54, 1.807) is 18.2 Å². The monoisotopic (exact) mass is 462 g/mol. The molecule has 0 radical (unpaired) electrons. The first-order chi connectivity index (χ1) is 14.8. The molecule has 31 heavy (non-hydrogen) atoms. The number of rotatable bonds is 4. The Morgan fingerprint density at radius 3 is 2.87 bits per heavy atom. The van der Waals surface area contributed by atoms with Crippen LogP contribution in [0.25, 0.3) is 10.9 Å². The molecule has 0 saturated heterocycles. The summed E-state index contributed by atoms with van der Waals surface area (Å²) >= 11 is 2.33. The largest absolute Gasteiger partial charge is 0.451 e. The molecule has 2 aromatic heterocycles. The van der Waals surface area contributed by atoms with Crippen LogP contribution < -0.4 is 5.32 Å². The van der Waals surface area contributed by atoms with Crippen molar-refractivity contribution in [1.29, 1.82) is 5.26 Å². The summed E-state index contributed by atoms with van der Waals surface area (Å²) in [5.41, 5.74) is 1.67. The van der Waals surface area contributed by atoms with Crippen LogP contribution in [0, 0.1) is 17.2 Å². The van der Waals surface area contributed by atoms with Crippen LogP contribution >= 0.6 is 23.1 Å². The van der Waals surface area contributed by atoms with Gasteiger partial charge in [0.05, 0.1) is 16.8 Å². The maximum absolute atomic E-state index is 13.2. The molecule has 1 aliphatic rings. The van der Waals surface area contributed by atoms with Crippen LogP contribution in [0.2, 0.25) is 0 Å². The fourth-order valence-electron chi connectivity index (χ4n) is 3.54. The van der Waals surface area contributed by atoms with Gasteiger partial charge in [-0.1, -0.05) is 36.9 Å². The molecular weight excluding hydrogens is 445 g/mol. The molecule has 1 atom stereocenters. The van der Waals surface area contributed by atoms with E-state index in [2.05, 4.69) is 28.3 Å². The SMILES string of the molecule is CC1CCc2c(sc(NC(=O)CSc3nc(C(F)(F)F)nc4ccccc34)c2C#N)C1. The number of aromatic nitrogens is 2. The van der Waals surface area contributed by atoms with Crippen LogP contribution in [0.1, 0.15) is 35.2 Å². The standard InChI is InChI=1S/C21H17F3N4OS2/c1-11-6-7-12-14(9-25)19(31-16(12)8-11)27-17(29)10-30-18-13-4-2-3-5-15(13)26-20(28-18)21(22,23)24/h2-5,11H,6-8,10H2,1H3,(H,27,29). The summed E-state index contributed by atoms with van der Waals surface area (Å²) in [7, 11) is 0. The van der Waals surface area contributed by atoms with E-state index >= 15 is 0 Å². The second-order valence-corrected chi connectivity index (χ2v) is 9.44. The molecule has 0 bridgehead atoms. The summed E-state index contributed by atoms with van der Waals surface area (Å²) < 4.78 is 39.5. The van der Waals surface area contributed by atoms with Gasteiger partial charge in [0.2, 0.25) is 11.7 Å². The minimum Gasteiger partial charge on any atom is -0.316 e. The highest BCUT2D eigenvalue weighted by Crippen LogP contribution is 2.39. The molecule has 0 fully saturated rings. The highest BCUT2D eigenvalue weighted by atomic mass is 32.2. The summed E-state index contributed by atoms with van der Waals surface area (Å²) in [6.45, 7) is 2.16. The summed E-state index contributed by atoms with van der Waals surface area (Å²) in [4.78, 5) is 20.9. The lowest BCUT2D eigenvalue weighted by atomic mass is 9.89. The summed E-state index contributed by atoms with van der Waals surface area (Å²) in [6.07, 6.45) is -1.99. The van der Waals surface area contributed by atoms with Crippen LogP contribution in [0.15, 0.2) is 29.3 Å². The van der Waals surface area contributed by atoms with Crippen molar-refractivity contribution >= 4 is 44.9 Å². The fourth-order valence-corrected chi connectivity index (χ4v) is 5.73. The third-order valence-electron chi connectivity index (χ3n) is 5.04. The number of hydrogen-bond acceptors (Lipinski definition) is 6. The molecule has 1 aromatic carbocycles. The molecular formula is C21H17F3N4OS2. The molecule has 5 nitrogen and oxygen atoms in total. The van der Waals surface area contributed by atoms with E-state index in [0.29, 0.717) is 21.9 Å². The number of benzene rings is 1. The van der Waals surface area contributed by atoms with Gasteiger partial charge in [-0.25, -0.2) is 9.97 Å². The van der Waals surface area contributed by atoms with Gasteiger partial charge in [0, 0.05) is 10.3 Å². The van der Waals surface area contributed by atoms with Crippen LogP contribution in [0.4, 0.5) is 18.2 Å². The van der Waals surface area contributed by atoms with E-state index in [-0.39, 0.29) is 16.3 Å². The molecule has 2 heterocycles. The number of thioether (sulfide) groups is 1. The first-order valence-electron chi connectivity index (χ1n) is 9.57. The number of carbonyl (C=O) groups excluding carboxylic acids is 1. The maximum Gasteiger partial charge on any atom is 0.451 e. The Labute approximate surface area is 184 Å². The van der Waals surface area contributed by atoms with Gasteiger partial charge < -0.3 is 5.32 Å². The number of fused-ring (bicyclic) bond motifs is 2. The number of amides is 1. The first kappa shape index (κ1) is 21.6. The summed E-state index contributed by atoms with van der Waals surface area (Å²) in [5, 5.41) is 13.4. The quantitative estimate of drug-likeness (QED) is 0.413. The van der Waals surface area contributed by atoms with Gasteiger partial charge in [-0.05, 0) is 36.8 Å².